The Balaban J connectivity index is 1.40. The summed E-state index contributed by atoms with van der Waals surface area (Å²) in [7, 11) is -2.22. The van der Waals surface area contributed by atoms with E-state index in [1.54, 1.807) is 19.4 Å². The molecule has 0 atom stereocenters. The van der Waals surface area contributed by atoms with E-state index in [1.807, 2.05) is 24.6 Å². The summed E-state index contributed by atoms with van der Waals surface area (Å²) in [4.78, 5) is 28.7. The number of pyridine rings is 1. The number of fused-ring (bicyclic) bond motifs is 1. The zero-order valence-corrected chi connectivity index (χ0v) is 19.5. The van der Waals surface area contributed by atoms with Crippen LogP contribution in [0, 0.1) is 5.92 Å². The van der Waals surface area contributed by atoms with E-state index in [9.17, 15) is 18.0 Å². The van der Waals surface area contributed by atoms with Gasteiger partial charge in [0.15, 0.2) is 5.65 Å². The number of rotatable bonds is 6. The van der Waals surface area contributed by atoms with Crippen molar-refractivity contribution in [3.8, 4) is 0 Å². The Morgan fingerprint density at radius 2 is 1.88 bits per heavy atom. The van der Waals surface area contributed by atoms with Crippen LogP contribution in [0.25, 0.3) is 11.0 Å². The third kappa shape index (κ3) is 4.35. The van der Waals surface area contributed by atoms with Gasteiger partial charge in [-0.25, -0.2) is 18.1 Å². The van der Waals surface area contributed by atoms with Gasteiger partial charge in [-0.15, -0.1) is 0 Å². The molecule has 0 bridgehead atoms. The Morgan fingerprint density at radius 3 is 2.48 bits per heavy atom. The normalized spacial score (nSPS) is 15.9. The Kier molecular flexibility index (Phi) is 5.97. The number of carbonyl (C=O) groups excluding carboxylic acids is 2. The van der Waals surface area contributed by atoms with Gasteiger partial charge in [-0.2, -0.15) is 9.40 Å². The standard InChI is InChI=1S/C21H27N7O4S/c1-13(2)28-20-15(10-24-28)8-16(11-23-20)25-21(30)14-4-6-27(7-5-14)33(31,32)17-9-18(19(22)29)26(3)12-17/h8-14H,4-7H2,1-3H3,(H2,22,29)(H,25,30). The van der Waals surface area contributed by atoms with E-state index >= 15 is 0 Å². The minimum atomic E-state index is -3.78. The Labute approximate surface area is 191 Å². The van der Waals surface area contributed by atoms with Gasteiger partial charge < -0.3 is 15.6 Å². The quantitative estimate of drug-likeness (QED) is 0.555. The summed E-state index contributed by atoms with van der Waals surface area (Å²) >= 11 is 0. The lowest BCUT2D eigenvalue weighted by atomic mass is 9.97. The lowest BCUT2D eigenvalue weighted by molar-refractivity contribution is -0.120. The lowest BCUT2D eigenvalue weighted by Gasteiger charge is -2.30. The largest absolute Gasteiger partial charge is 0.364 e. The highest BCUT2D eigenvalue weighted by Gasteiger charge is 2.33. The molecule has 3 aromatic heterocycles. The SMILES string of the molecule is CC(C)n1ncc2cc(NC(=O)C3CCN(S(=O)(=O)c4cc(C(N)=O)n(C)c4)CC3)cnc21. The average Bonchev–Trinajstić information content (AvgIpc) is 3.37. The molecule has 1 aliphatic rings. The molecule has 1 saturated heterocycles. The van der Waals surface area contributed by atoms with E-state index in [0.717, 1.165) is 11.0 Å². The summed E-state index contributed by atoms with van der Waals surface area (Å²) in [5, 5.41) is 8.05. The molecule has 12 heteroatoms. The second kappa shape index (κ2) is 8.60. The first-order valence-electron chi connectivity index (χ1n) is 10.7. The van der Waals surface area contributed by atoms with E-state index < -0.39 is 15.9 Å². The number of piperidine rings is 1. The molecule has 4 heterocycles. The maximum absolute atomic E-state index is 13.0. The molecule has 2 amide bonds. The molecule has 0 spiro atoms. The summed E-state index contributed by atoms with van der Waals surface area (Å²) in [6.07, 6.45) is 5.47. The number of primary amides is 1. The molecular formula is C21H27N7O4S. The van der Waals surface area contributed by atoms with Crippen LogP contribution in [-0.2, 0) is 21.9 Å². The van der Waals surface area contributed by atoms with E-state index in [2.05, 4.69) is 15.4 Å². The molecule has 11 nitrogen and oxygen atoms in total. The van der Waals surface area contributed by atoms with E-state index in [-0.39, 0.29) is 41.5 Å². The van der Waals surface area contributed by atoms with Crippen molar-refractivity contribution in [1.29, 1.82) is 0 Å². The highest BCUT2D eigenvalue weighted by molar-refractivity contribution is 7.89. The Bertz CT molecular complexity index is 1320. The monoisotopic (exact) mass is 473 g/mol. The smallest absolute Gasteiger partial charge is 0.265 e. The molecule has 0 radical (unpaired) electrons. The van der Waals surface area contributed by atoms with E-state index in [1.165, 1.54) is 21.1 Å². The molecule has 1 aliphatic heterocycles. The fourth-order valence-corrected chi connectivity index (χ4v) is 5.60. The zero-order chi connectivity index (χ0) is 23.9. The number of hydrogen-bond donors (Lipinski definition) is 2. The van der Waals surface area contributed by atoms with Crippen LogP contribution in [0.15, 0.2) is 35.6 Å². The van der Waals surface area contributed by atoms with Crippen molar-refractivity contribution in [2.75, 3.05) is 18.4 Å². The van der Waals surface area contributed by atoms with Gasteiger partial charge in [0.1, 0.15) is 10.6 Å². The number of sulfonamides is 1. The number of hydrogen-bond acceptors (Lipinski definition) is 6. The molecule has 0 unspecified atom stereocenters. The first-order valence-corrected chi connectivity index (χ1v) is 12.1. The maximum atomic E-state index is 13.0. The first kappa shape index (κ1) is 22.9. The minimum Gasteiger partial charge on any atom is -0.364 e. The molecule has 3 aromatic rings. The molecule has 176 valence electrons. The van der Waals surface area contributed by atoms with E-state index in [4.69, 9.17) is 5.73 Å². The molecule has 3 N–H and O–H groups in total. The number of anilines is 1. The predicted octanol–water partition coefficient (Wildman–Crippen LogP) is 1.49. The summed E-state index contributed by atoms with van der Waals surface area (Å²) in [6.45, 7) is 4.45. The summed E-state index contributed by atoms with van der Waals surface area (Å²) in [5.41, 5.74) is 6.74. The number of amides is 2. The highest BCUT2D eigenvalue weighted by atomic mass is 32.2. The summed E-state index contributed by atoms with van der Waals surface area (Å²) < 4.78 is 30.5. The van der Waals surface area contributed by atoms with Crippen molar-refractivity contribution in [3.63, 3.8) is 0 Å². The topological polar surface area (TPSA) is 145 Å². The zero-order valence-electron chi connectivity index (χ0n) is 18.7. The molecule has 1 fully saturated rings. The third-order valence-corrected chi connectivity index (χ3v) is 7.75. The van der Waals surface area contributed by atoms with E-state index in [0.29, 0.717) is 18.5 Å². The number of aryl methyl sites for hydroxylation is 1. The van der Waals surface area contributed by atoms with Crippen molar-refractivity contribution < 1.29 is 18.0 Å². The second-order valence-corrected chi connectivity index (χ2v) is 10.5. The van der Waals surface area contributed by atoms with Crippen molar-refractivity contribution >= 4 is 38.6 Å². The number of carbonyl (C=O) groups is 2. The van der Waals surface area contributed by atoms with Gasteiger partial charge in [0, 0.05) is 43.7 Å². The van der Waals surface area contributed by atoms with Crippen LogP contribution < -0.4 is 11.1 Å². The van der Waals surface area contributed by atoms with Crippen molar-refractivity contribution in [2.24, 2.45) is 18.7 Å². The predicted molar refractivity (Wildman–Crippen MR) is 122 cm³/mol. The van der Waals surface area contributed by atoms with Crippen molar-refractivity contribution in [2.45, 2.75) is 37.6 Å². The number of aromatic nitrogens is 4. The number of nitrogens with one attached hydrogen (secondary N) is 1. The second-order valence-electron chi connectivity index (χ2n) is 8.52. The van der Waals surface area contributed by atoms with Crippen molar-refractivity contribution in [1.82, 2.24) is 23.6 Å². The van der Waals surface area contributed by atoms with Gasteiger partial charge in [0.25, 0.3) is 5.91 Å². The van der Waals surface area contributed by atoms with Crippen molar-refractivity contribution in [3.05, 3.63) is 36.4 Å². The Morgan fingerprint density at radius 1 is 1.18 bits per heavy atom. The van der Waals surface area contributed by atoms with Crippen LogP contribution in [0.3, 0.4) is 0 Å². The van der Waals surface area contributed by atoms with Gasteiger partial charge in [0.2, 0.25) is 15.9 Å². The Hall–Kier alpha value is -3.25. The minimum absolute atomic E-state index is 0.0167. The fraction of sp³-hybridized carbons (Fsp3) is 0.429. The molecule has 0 saturated carbocycles. The van der Waals surface area contributed by atoms with Crippen LogP contribution in [-0.4, -0.2) is 57.0 Å². The molecule has 4 rings (SSSR count). The van der Waals surface area contributed by atoms with Gasteiger partial charge in [-0.05, 0) is 38.8 Å². The fourth-order valence-electron chi connectivity index (χ4n) is 4.06. The third-order valence-electron chi connectivity index (χ3n) is 5.88. The van der Waals surface area contributed by atoms with Crippen LogP contribution in [0.4, 0.5) is 5.69 Å². The van der Waals surface area contributed by atoms with Crippen LogP contribution in [0.2, 0.25) is 0 Å². The van der Waals surface area contributed by atoms with Crippen LogP contribution in [0.1, 0.15) is 43.2 Å². The molecule has 0 aliphatic carbocycles. The van der Waals surface area contributed by atoms with Gasteiger partial charge in [-0.1, -0.05) is 0 Å². The summed E-state index contributed by atoms with van der Waals surface area (Å²) in [5.74, 6) is -1.18. The number of nitrogens with two attached hydrogens (primary N) is 1. The number of nitrogens with zero attached hydrogens (tertiary/aromatic N) is 5. The first-order chi connectivity index (χ1) is 15.6. The molecular weight excluding hydrogens is 446 g/mol. The summed E-state index contributed by atoms with van der Waals surface area (Å²) in [6, 6.07) is 3.29. The van der Waals surface area contributed by atoms with Crippen LogP contribution >= 0.6 is 0 Å². The lowest BCUT2D eigenvalue weighted by Crippen LogP contribution is -2.41. The molecule has 33 heavy (non-hydrogen) atoms. The van der Waals surface area contributed by atoms with Crippen LogP contribution in [0.5, 0.6) is 0 Å². The van der Waals surface area contributed by atoms with Gasteiger partial charge in [-0.3, -0.25) is 9.59 Å². The van der Waals surface area contributed by atoms with Gasteiger partial charge in [0.05, 0.1) is 18.1 Å². The average molecular weight is 474 g/mol. The molecule has 0 aromatic carbocycles. The maximum Gasteiger partial charge on any atom is 0.265 e. The highest BCUT2D eigenvalue weighted by Crippen LogP contribution is 2.26. The van der Waals surface area contributed by atoms with Gasteiger partial charge >= 0.3 is 0 Å².